The van der Waals surface area contributed by atoms with E-state index in [1.807, 2.05) is 45.9 Å². The molecule has 0 N–H and O–H groups in total. The summed E-state index contributed by atoms with van der Waals surface area (Å²) in [4.78, 5) is 1.09. The van der Waals surface area contributed by atoms with E-state index in [1.165, 1.54) is 0 Å². The van der Waals surface area contributed by atoms with Crippen molar-refractivity contribution < 1.29 is 35.8 Å². The third kappa shape index (κ3) is 8.45. The van der Waals surface area contributed by atoms with Crippen LogP contribution in [-0.2, 0) is 34.6 Å². The molecule has 2 unspecified atom stereocenters. The molecule has 0 aromatic heterocycles. The lowest BCUT2D eigenvalue weighted by atomic mass is 9.86. The van der Waals surface area contributed by atoms with Gasteiger partial charge in [-0.15, -0.1) is 0 Å². The lowest BCUT2D eigenvalue weighted by Crippen LogP contribution is -2.16. The molecule has 4 aromatic rings. The fourth-order valence-electron chi connectivity index (χ4n) is 4.88. The predicted octanol–water partition coefficient (Wildman–Crippen LogP) is 7.27. The molecule has 2 fully saturated rings. The van der Waals surface area contributed by atoms with Gasteiger partial charge in [-0.3, -0.25) is 0 Å². The number of aryl methyl sites for hydroxylation is 2. The number of hydrogen-bond donors (Lipinski definition) is 0. The van der Waals surface area contributed by atoms with Crippen LogP contribution in [0.15, 0.2) is 109 Å². The van der Waals surface area contributed by atoms with Gasteiger partial charge >= 0.3 is 0 Å². The van der Waals surface area contributed by atoms with Crippen molar-refractivity contribution >= 4 is 35.6 Å². The van der Waals surface area contributed by atoms with Gasteiger partial charge < -0.3 is 18.9 Å². The molecule has 0 amide bonds. The lowest BCUT2D eigenvalue weighted by Gasteiger charge is -2.23. The molecular weight excluding hydrogens is 704 g/mol. The van der Waals surface area contributed by atoms with Crippen LogP contribution in [0.4, 0.5) is 0 Å². The summed E-state index contributed by atoms with van der Waals surface area (Å²) in [6, 6.07) is 24.1. The predicted molar refractivity (Wildman–Crippen MR) is 183 cm³/mol. The third-order valence-electron chi connectivity index (χ3n) is 7.70. The molecule has 2 heterocycles. The average molecular weight is 744 g/mol. The second-order valence-corrected chi connectivity index (χ2v) is 17.2. The van der Waals surface area contributed by atoms with Crippen LogP contribution < -0.4 is 9.47 Å². The molecule has 47 heavy (non-hydrogen) atoms. The van der Waals surface area contributed by atoms with Crippen LogP contribution in [0, 0.1) is 13.8 Å². The van der Waals surface area contributed by atoms with Crippen molar-refractivity contribution in [2.45, 2.75) is 71.8 Å². The number of rotatable bonds is 10. The fourth-order valence-corrected chi connectivity index (χ4v) is 8.67. The molecule has 0 aliphatic carbocycles. The van der Waals surface area contributed by atoms with Crippen molar-refractivity contribution in [3.05, 3.63) is 106 Å². The van der Waals surface area contributed by atoms with Gasteiger partial charge in [0.05, 0.1) is 32.4 Å². The number of ether oxygens (including phenoxy) is 4. The van der Waals surface area contributed by atoms with Gasteiger partial charge in [0, 0.05) is 5.56 Å². The maximum Gasteiger partial charge on any atom is 0.210 e. The van der Waals surface area contributed by atoms with Crippen molar-refractivity contribution in [3.63, 3.8) is 0 Å². The van der Waals surface area contributed by atoms with E-state index in [1.54, 1.807) is 73.7 Å². The Bertz CT molecular complexity index is 1960. The maximum absolute atomic E-state index is 13.1. The third-order valence-corrected chi connectivity index (χ3v) is 12.2. The largest absolute Gasteiger partial charge is 0.490 e. The summed E-state index contributed by atoms with van der Waals surface area (Å²) in [5.41, 5.74) is 2.09. The molecule has 0 spiro atoms. The van der Waals surface area contributed by atoms with Crippen LogP contribution in [0.1, 0.15) is 37.5 Å². The first-order valence-corrected chi connectivity index (χ1v) is 19.0. The Balaban J connectivity index is 0.000000186. The zero-order valence-electron chi connectivity index (χ0n) is 27.0. The van der Waals surface area contributed by atoms with Gasteiger partial charge in [-0.25, -0.2) is 16.8 Å². The van der Waals surface area contributed by atoms with Gasteiger partial charge in [0.15, 0.2) is 5.75 Å². The first-order valence-electron chi connectivity index (χ1n) is 15.2. The Kier molecular flexibility index (Phi) is 10.5. The standard InChI is InChI=1S/C20H24O4S.C16H15BrO4S/c1-14-7-5-6-8-19(14)25(21,22)16-9-10-18(24-13-15-12-23-15)17(11-16)20(2,3)4;1-11-5-2-3-7-14(11)22(18,19)15-8-4-6-13(17)16(15)21-10-12-9-20-12/h5-11,15H,12-13H2,1-4H3;2-8,12H,9-10H2,1H3. The van der Waals surface area contributed by atoms with E-state index >= 15 is 0 Å². The number of benzene rings is 4. The molecule has 11 heteroatoms. The van der Waals surface area contributed by atoms with Crippen LogP contribution in [0.2, 0.25) is 0 Å². The second kappa shape index (κ2) is 14.1. The van der Waals surface area contributed by atoms with Crippen molar-refractivity contribution in [2.75, 3.05) is 26.4 Å². The molecule has 2 saturated heterocycles. The summed E-state index contributed by atoms with van der Waals surface area (Å²) in [6.07, 6.45) is 0.212. The normalized spacial score (nSPS) is 17.3. The van der Waals surface area contributed by atoms with Crippen LogP contribution in [0.3, 0.4) is 0 Å². The first-order chi connectivity index (χ1) is 22.2. The van der Waals surface area contributed by atoms with E-state index in [9.17, 15) is 16.8 Å². The van der Waals surface area contributed by atoms with E-state index in [-0.39, 0.29) is 22.5 Å². The highest BCUT2D eigenvalue weighted by atomic mass is 79.9. The highest BCUT2D eigenvalue weighted by molar-refractivity contribution is 9.10. The van der Waals surface area contributed by atoms with Gasteiger partial charge in [0.25, 0.3) is 0 Å². The summed E-state index contributed by atoms with van der Waals surface area (Å²) in [5.74, 6) is 1.05. The quantitative estimate of drug-likeness (QED) is 0.156. The van der Waals surface area contributed by atoms with Gasteiger partial charge in [0.2, 0.25) is 19.7 Å². The van der Waals surface area contributed by atoms with Crippen LogP contribution in [0.25, 0.3) is 0 Å². The molecule has 0 saturated carbocycles. The molecule has 2 aliphatic heterocycles. The van der Waals surface area contributed by atoms with Crippen LogP contribution in [-0.4, -0.2) is 55.5 Å². The number of hydrogen-bond acceptors (Lipinski definition) is 8. The summed E-state index contributed by atoms with van der Waals surface area (Å²) in [7, 11) is -7.21. The zero-order valence-corrected chi connectivity index (χ0v) is 30.2. The highest BCUT2D eigenvalue weighted by Gasteiger charge is 2.29. The van der Waals surface area contributed by atoms with Crippen LogP contribution in [0.5, 0.6) is 11.5 Å². The Morgan fingerprint density at radius 1 is 0.702 bits per heavy atom. The minimum absolute atomic E-state index is 0.0566. The molecule has 8 nitrogen and oxygen atoms in total. The van der Waals surface area contributed by atoms with Crippen molar-refractivity contribution in [1.82, 2.24) is 0 Å². The van der Waals surface area contributed by atoms with E-state index in [4.69, 9.17) is 18.9 Å². The summed E-state index contributed by atoms with van der Waals surface area (Å²) in [5, 5.41) is 0. The van der Waals surface area contributed by atoms with Gasteiger partial charge in [-0.1, -0.05) is 63.2 Å². The second-order valence-electron chi connectivity index (χ2n) is 12.5. The lowest BCUT2D eigenvalue weighted by molar-refractivity contribution is 0.256. The topological polar surface area (TPSA) is 112 Å². The van der Waals surface area contributed by atoms with Gasteiger partial charge in [-0.05, 0) is 88.8 Å². The van der Waals surface area contributed by atoms with Gasteiger partial charge in [-0.2, -0.15) is 0 Å². The highest BCUT2D eigenvalue weighted by Crippen LogP contribution is 2.38. The fraction of sp³-hybridized carbons (Fsp3) is 0.333. The molecule has 2 aliphatic rings. The first kappa shape index (κ1) is 35.1. The SMILES string of the molecule is Cc1ccccc1S(=O)(=O)c1ccc(OCC2CO2)c(C(C)(C)C)c1.Cc1ccccc1S(=O)(=O)c1cccc(Br)c1OCC1CO1. The molecule has 4 aromatic carbocycles. The smallest absolute Gasteiger partial charge is 0.210 e. The van der Waals surface area contributed by atoms with Crippen LogP contribution >= 0.6 is 15.9 Å². The van der Waals surface area contributed by atoms with E-state index in [0.717, 1.165) is 17.7 Å². The maximum atomic E-state index is 13.1. The zero-order chi connectivity index (χ0) is 34.0. The van der Waals surface area contributed by atoms with E-state index in [2.05, 4.69) is 15.9 Å². The summed E-state index contributed by atoms with van der Waals surface area (Å²) >= 11 is 3.37. The Hall–Kier alpha value is -3.22. The Labute approximate surface area is 286 Å². The minimum Gasteiger partial charge on any atom is -0.490 e. The van der Waals surface area contributed by atoms with E-state index < -0.39 is 19.7 Å². The molecule has 0 bridgehead atoms. The number of epoxide rings is 2. The average Bonchev–Trinajstić information content (AvgIpc) is 3.95. The monoisotopic (exact) mass is 742 g/mol. The number of sulfone groups is 2. The molecule has 6 rings (SSSR count). The summed E-state index contributed by atoms with van der Waals surface area (Å²) < 4.78 is 74.5. The number of para-hydroxylation sites is 1. The Morgan fingerprint density at radius 3 is 1.74 bits per heavy atom. The number of halogens is 1. The Morgan fingerprint density at radius 2 is 1.21 bits per heavy atom. The van der Waals surface area contributed by atoms with Crippen molar-refractivity contribution in [2.24, 2.45) is 0 Å². The molecular formula is C36H39BrO8S2. The molecule has 0 radical (unpaired) electrons. The van der Waals surface area contributed by atoms with E-state index in [0.29, 0.717) is 56.0 Å². The molecule has 2 atom stereocenters. The minimum atomic E-state index is -3.65. The van der Waals surface area contributed by atoms with Crippen molar-refractivity contribution in [1.29, 1.82) is 0 Å². The summed E-state index contributed by atoms with van der Waals surface area (Å²) in [6.45, 7) is 12.0. The van der Waals surface area contributed by atoms with Gasteiger partial charge in [0.1, 0.15) is 36.1 Å². The van der Waals surface area contributed by atoms with Crippen molar-refractivity contribution in [3.8, 4) is 11.5 Å². The molecule has 250 valence electrons.